The average molecular weight is 367 g/mol. The standard InChI is InChI=1S/C21H25N3O3/c1-23(19-8-3-2-4-9-19)21(26)18-7-5-6-17(16-18)20(25)22-10-11-24-12-14-27-15-13-24/h2-9,16H,10-15H2,1H3,(H,22,25). The Labute approximate surface area is 159 Å². The van der Waals surface area contributed by atoms with Gasteiger partial charge in [0.2, 0.25) is 0 Å². The minimum Gasteiger partial charge on any atom is -0.379 e. The maximum Gasteiger partial charge on any atom is 0.258 e. The van der Waals surface area contributed by atoms with Crippen LogP contribution >= 0.6 is 0 Å². The molecule has 27 heavy (non-hydrogen) atoms. The first kappa shape index (κ1) is 19.1. The molecule has 0 bridgehead atoms. The van der Waals surface area contributed by atoms with Crippen molar-refractivity contribution in [3.8, 4) is 0 Å². The van der Waals surface area contributed by atoms with E-state index in [-0.39, 0.29) is 11.8 Å². The van der Waals surface area contributed by atoms with E-state index in [1.165, 1.54) is 0 Å². The van der Waals surface area contributed by atoms with Crippen molar-refractivity contribution in [3.05, 3.63) is 65.7 Å². The van der Waals surface area contributed by atoms with Crippen molar-refractivity contribution in [2.24, 2.45) is 0 Å². The first-order chi connectivity index (χ1) is 13.1. The van der Waals surface area contributed by atoms with Crippen molar-refractivity contribution < 1.29 is 14.3 Å². The smallest absolute Gasteiger partial charge is 0.258 e. The number of ether oxygens (including phenoxy) is 1. The van der Waals surface area contributed by atoms with Crippen LogP contribution in [0.2, 0.25) is 0 Å². The van der Waals surface area contributed by atoms with E-state index < -0.39 is 0 Å². The third-order valence-electron chi connectivity index (χ3n) is 4.64. The minimum atomic E-state index is -0.166. The number of hydrogen-bond acceptors (Lipinski definition) is 4. The molecule has 0 radical (unpaired) electrons. The monoisotopic (exact) mass is 367 g/mol. The Kier molecular flexibility index (Phi) is 6.57. The van der Waals surface area contributed by atoms with Crippen LogP contribution in [0.4, 0.5) is 5.69 Å². The molecule has 0 saturated carbocycles. The van der Waals surface area contributed by atoms with Crippen LogP contribution in [0.15, 0.2) is 54.6 Å². The minimum absolute atomic E-state index is 0.149. The van der Waals surface area contributed by atoms with Crippen LogP contribution in [0.5, 0.6) is 0 Å². The summed E-state index contributed by atoms with van der Waals surface area (Å²) in [6.45, 7) is 4.64. The van der Waals surface area contributed by atoms with Gasteiger partial charge in [-0.05, 0) is 30.3 Å². The summed E-state index contributed by atoms with van der Waals surface area (Å²) in [7, 11) is 1.73. The van der Waals surface area contributed by atoms with Crippen LogP contribution in [0.25, 0.3) is 0 Å². The maximum absolute atomic E-state index is 12.7. The van der Waals surface area contributed by atoms with Gasteiger partial charge in [0, 0.05) is 50.0 Å². The first-order valence-electron chi connectivity index (χ1n) is 9.16. The molecule has 0 aromatic heterocycles. The van der Waals surface area contributed by atoms with Crippen LogP contribution < -0.4 is 10.2 Å². The average Bonchev–Trinajstić information content (AvgIpc) is 2.74. The van der Waals surface area contributed by atoms with E-state index in [0.29, 0.717) is 17.7 Å². The highest BCUT2D eigenvalue weighted by molar-refractivity contribution is 6.07. The molecule has 2 aromatic rings. The normalized spacial score (nSPS) is 14.6. The van der Waals surface area contributed by atoms with E-state index in [0.717, 1.165) is 38.5 Å². The van der Waals surface area contributed by atoms with Crippen molar-refractivity contribution in [3.63, 3.8) is 0 Å². The summed E-state index contributed by atoms with van der Waals surface area (Å²) in [4.78, 5) is 29.0. The number of anilines is 1. The Bertz CT molecular complexity index is 773. The lowest BCUT2D eigenvalue weighted by molar-refractivity contribution is 0.0383. The molecule has 1 saturated heterocycles. The largest absolute Gasteiger partial charge is 0.379 e. The van der Waals surface area contributed by atoms with Crippen molar-refractivity contribution >= 4 is 17.5 Å². The third kappa shape index (κ3) is 5.15. The number of rotatable bonds is 6. The Morgan fingerprint density at radius 3 is 2.48 bits per heavy atom. The van der Waals surface area contributed by atoms with Crippen molar-refractivity contribution in [1.82, 2.24) is 10.2 Å². The number of hydrogen-bond donors (Lipinski definition) is 1. The van der Waals surface area contributed by atoms with E-state index in [1.807, 2.05) is 30.3 Å². The molecule has 142 valence electrons. The van der Waals surface area contributed by atoms with Gasteiger partial charge in [-0.2, -0.15) is 0 Å². The van der Waals surface area contributed by atoms with Gasteiger partial charge in [-0.1, -0.05) is 24.3 Å². The molecule has 2 amide bonds. The van der Waals surface area contributed by atoms with Gasteiger partial charge in [0.05, 0.1) is 13.2 Å². The molecule has 6 heteroatoms. The molecule has 6 nitrogen and oxygen atoms in total. The molecule has 2 aromatic carbocycles. The number of benzene rings is 2. The second-order valence-electron chi connectivity index (χ2n) is 6.49. The summed E-state index contributed by atoms with van der Waals surface area (Å²) in [5, 5.41) is 2.93. The van der Waals surface area contributed by atoms with E-state index in [2.05, 4.69) is 10.2 Å². The summed E-state index contributed by atoms with van der Waals surface area (Å²) in [6.07, 6.45) is 0. The molecule has 1 heterocycles. The predicted octanol–water partition coefficient (Wildman–Crippen LogP) is 2.03. The van der Waals surface area contributed by atoms with E-state index in [1.54, 1.807) is 36.2 Å². The summed E-state index contributed by atoms with van der Waals surface area (Å²) < 4.78 is 5.32. The Hall–Kier alpha value is -2.70. The summed E-state index contributed by atoms with van der Waals surface area (Å²) in [5.41, 5.74) is 1.79. The Morgan fingerprint density at radius 1 is 1.04 bits per heavy atom. The molecule has 1 aliphatic rings. The number of carbonyl (C=O) groups excluding carboxylic acids is 2. The fourth-order valence-electron chi connectivity index (χ4n) is 3.01. The number of para-hydroxylation sites is 1. The van der Waals surface area contributed by atoms with E-state index in [9.17, 15) is 9.59 Å². The van der Waals surface area contributed by atoms with Gasteiger partial charge >= 0.3 is 0 Å². The topological polar surface area (TPSA) is 61.9 Å². The summed E-state index contributed by atoms with van der Waals surface area (Å²) in [5.74, 6) is -0.315. The highest BCUT2D eigenvalue weighted by Crippen LogP contribution is 2.15. The zero-order valence-corrected chi connectivity index (χ0v) is 15.6. The molecule has 0 aliphatic carbocycles. The van der Waals surface area contributed by atoms with Gasteiger partial charge in [-0.15, -0.1) is 0 Å². The van der Waals surface area contributed by atoms with Crippen LogP contribution in [-0.4, -0.2) is 63.2 Å². The highest BCUT2D eigenvalue weighted by Gasteiger charge is 2.16. The lowest BCUT2D eigenvalue weighted by Gasteiger charge is -2.26. The zero-order chi connectivity index (χ0) is 19.1. The third-order valence-corrected chi connectivity index (χ3v) is 4.64. The zero-order valence-electron chi connectivity index (χ0n) is 15.6. The molecule has 0 unspecified atom stereocenters. The molecule has 3 rings (SSSR count). The first-order valence-corrected chi connectivity index (χ1v) is 9.16. The van der Waals surface area contributed by atoms with Gasteiger partial charge in [0.25, 0.3) is 11.8 Å². The van der Waals surface area contributed by atoms with Gasteiger partial charge in [-0.3, -0.25) is 14.5 Å². The number of carbonyl (C=O) groups is 2. The lowest BCUT2D eigenvalue weighted by Crippen LogP contribution is -2.41. The number of amides is 2. The highest BCUT2D eigenvalue weighted by atomic mass is 16.5. The fraction of sp³-hybridized carbons (Fsp3) is 0.333. The quantitative estimate of drug-likeness (QED) is 0.849. The molecular formula is C21H25N3O3. The van der Waals surface area contributed by atoms with Crippen LogP contribution in [-0.2, 0) is 4.74 Å². The van der Waals surface area contributed by atoms with E-state index in [4.69, 9.17) is 4.74 Å². The van der Waals surface area contributed by atoms with Gasteiger partial charge in [-0.25, -0.2) is 0 Å². The second-order valence-corrected chi connectivity index (χ2v) is 6.49. The molecule has 0 atom stereocenters. The number of nitrogens with zero attached hydrogens (tertiary/aromatic N) is 2. The lowest BCUT2D eigenvalue weighted by atomic mass is 10.1. The fourth-order valence-corrected chi connectivity index (χ4v) is 3.01. The SMILES string of the molecule is CN(C(=O)c1cccc(C(=O)NCCN2CCOCC2)c1)c1ccccc1. The molecule has 1 fully saturated rings. The molecule has 1 aliphatic heterocycles. The van der Waals surface area contributed by atoms with Crippen LogP contribution in [0, 0.1) is 0 Å². The Morgan fingerprint density at radius 2 is 1.74 bits per heavy atom. The van der Waals surface area contributed by atoms with Gasteiger partial charge < -0.3 is 15.0 Å². The summed E-state index contributed by atoms with van der Waals surface area (Å²) >= 11 is 0. The summed E-state index contributed by atoms with van der Waals surface area (Å²) in [6, 6.07) is 16.3. The molecule has 0 spiro atoms. The molecule has 1 N–H and O–H groups in total. The van der Waals surface area contributed by atoms with Crippen molar-refractivity contribution in [2.45, 2.75) is 0 Å². The van der Waals surface area contributed by atoms with E-state index >= 15 is 0 Å². The maximum atomic E-state index is 12.7. The van der Waals surface area contributed by atoms with Crippen LogP contribution in [0.3, 0.4) is 0 Å². The second kappa shape index (κ2) is 9.30. The van der Waals surface area contributed by atoms with Crippen LogP contribution in [0.1, 0.15) is 20.7 Å². The van der Waals surface area contributed by atoms with Gasteiger partial charge in [0.15, 0.2) is 0 Å². The number of morpholine rings is 1. The Balaban J connectivity index is 1.59. The van der Waals surface area contributed by atoms with Gasteiger partial charge in [0.1, 0.15) is 0 Å². The number of nitrogens with one attached hydrogen (secondary N) is 1. The predicted molar refractivity (Wildman–Crippen MR) is 105 cm³/mol. The van der Waals surface area contributed by atoms with Crippen molar-refractivity contribution in [1.29, 1.82) is 0 Å². The van der Waals surface area contributed by atoms with Crippen molar-refractivity contribution in [2.75, 3.05) is 51.3 Å². The molecular weight excluding hydrogens is 342 g/mol.